The number of fused-ring (bicyclic) bond motifs is 2. The van der Waals surface area contributed by atoms with Crippen LogP contribution in [0.15, 0.2) is 109 Å². The van der Waals surface area contributed by atoms with Crippen molar-refractivity contribution in [2.75, 3.05) is 0 Å². The molecule has 0 saturated heterocycles. The SMILES string of the molecule is Clc1ccc(-c2ccc3sc(CBr)nc3c2)cc1.NC(=O)c1c(F)ccc(O)c1F.NC(=O)c1c(F)ccc(OCc2nc3cc(-c4ccc(Cl)cc4)ccc3s2)c1F. The molecule has 8 rings (SSSR count). The van der Waals surface area contributed by atoms with Gasteiger partial charge in [0.2, 0.25) is 0 Å². The molecule has 2 amide bonds. The summed E-state index contributed by atoms with van der Waals surface area (Å²) in [4.78, 5) is 30.7. The number of hydrogen-bond acceptors (Lipinski definition) is 8. The van der Waals surface area contributed by atoms with Crippen molar-refractivity contribution in [2.24, 2.45) is 11.5 Å². The Bertz CT molecular complexity index is 2830. The summed E-state index contributed by atoms with van der Waals surface area (Å²) in [6, 6.07) is 31.2. The van der Waals surface area contributed by atoms with E-state index in [1.807, 2.05) is 66.7 Å². The van der Waals surface area contributed by atoms with E-state index in [-0.39, 0.29) is 12.4 Å². The summed E-state index contributed by atoms with van der Waals surface area (Å²) in [7, 11) is 0. The van der Waals surface area contributed by atoms with Crippen LogP contribution >= 0.6 is 61.8 Å². The van der Waals surface area contributed by atoms with Crippen LogP contribution in [-0.4, -0.2) is 26.9 Å². The fourth-order valence-electron chi connectivity index (χ4n) is 5.49. The van der Waals surface area contributed by atoms with Crippen LogP contribution in [0.25, 0.3) is 42.7 Å². The van der Waals surface area contributed by atoms with Gasteiger partial charge < -0.3 is 21.3 Å². The first-order chi connectivity index (χ1) is 28.2. The van der Waals surface area contributed by atoms with Gasteiger partial charge in [-0.3, -0.25) is 9.59 Å². The third-order valence-electron chi connectivity index (χ3n) is 8.30. The molecule has 6 aromatic carbocycles. The number of benzene rings is 6. The average molecular weight is 943 g/mol. The Labute approximate surface area is 359 Å². The molecule has 0 atom stereocenters. The largest absolute Gasteiger partial charge is 0.505 e. The number of phenols is 1. The van der Waals surface area contributed by atoms with Crippen molar-refractivity contribution in [3.05, 3.63) is 164 Å². The Morgan fingerprint density at radius 2 is 1.07 bits per heavy atom. The zero-order valence-corrected chi connectivity index (χ0v) is 34.7. The molecule has 0 spiro atoms. The van der Waals surface area contributed by atoms with Gasteiger partial charge in [-0.2, -0.15) is 0 Å². The van der Waals surface area contributed by atoms with Gasteiger partial charge in [0.05, 0.1) is 25.8 Å². The lowest BCUT2D eigenvalue weighted by molar-refractivity contribution is 0.0982. The van der Waals surface area contributed by atoms with Crippen molar-refractivity contribution in [3.8, 4) is 33.8 Å². The van der Waals surface area contributed by atoms with Crippen LogP contribution in [0.1, 0.15) is 30.7 Å². The summed E-state index contributed by atoms with van der Waals surface area (Å²) < 4.78 is 60.8. The molecule has 0 bridgehead atoms. The quantitative estimate of drug-likeness (QED) is 0.102. The maximum absolute atomic E-state index is 14.3. The first-order valence-corrected chi connectivity index (χ1v) is 20.5. The van der Waals surface area contributed by atoms with E-state index in [0.717, 1.165) is 72.0 Å². The summed E-state index contributed by atoms with van der Waals surface area (Å²) in [6.45, 7) is -0.0314. The number of hydrogen-bond donors (Lipinski definition) is 3. The van der Waals surface area contributed by atoms with Gasteiger partial charge in [0.15, 0.2) is 23.1 Å². The Hall–Kier alpha value is -5.58. The smallest absolute Gasteiger partial charge is 0.254 e. The number of halogens is 7. The molecule has 2 heterocycles. The van der Waals surface area contributed by atoms with E-state index >= 15 is 0 Å². The topological polar surface area (TPSA) is 141 Å². The molecule has 300 valence electrons. The lowest BCUT2D eigenvalue weighted by atomic mass is 10.1. The van der Waals surface area contributed by atoms with Gasteiger partial charge in [-0.15, -0.1) is 22.7 Å². The molecule has 5 N–H and O–H groups in total. The van der Waals surface area contributed by atoms with Crippen LogP contribution in [0.4, 0.5) is 17.6 Å². The molecule has 0 saturated carbocycles. The number of amides is 2. The first kappa shape index (κ1) is 43.0. The van der Waals surface area contributed by atoms with Gasteiger partial charge in [-0.05, 0) is 95.1 Å². The highest BCUT2D eigenvalue weighted by Gasteiger charge is 2.20. The number of thiazole rings is 2. The predicted octanol–water partition coefficient (Wildman–Crippen LogP) is 11.9. The number of ether oxygens (including phenoxy) is 1. The van der Waals surface area contributed by atoms with Crippen LogP contribution in [0.2, 0.25) is 10.0 Å². The summed E-state index contributed by atoms with van der Waals surface area (Å²) in [5.41, 5.74) is 14.1. The molecule has 0 fully saturated rings. The molecule has 17 heteroatoms. The second-order valence-electron chi connectivity index (χ2n) is 12.2. The number of carbonyl (C=O) groups is 2. The highest BCUT2D eigenvalue weighted by Crippen LogP contribution is 2.32. The Kier molecular flexibility index (Phi) is 13.8. The number of rotatable bonds is 8. The molecule has 8 nitrogen and oxygen atoms in total. The van der Waals surface area contributed by atoms with Gasteiger partial charge in [0.1, 0.15) is 39.4 Å². The van der Waals surface area contributed by atoms with E-state index in [4.69, 9.17) is 38.8 Å². The summed E-state index contributed by atoms with van der Waals surface area (Å²) >= 11 is 18.4. The van der Waals surface area contributed by atoms with Crippen molar-refractivity contribution in [3.63, 3.8) is 0 Å². The molecular weight excluding hydrogens is 915 g/mol. The lowest BCUT2D eigenvalue weighted by Gasteiger charge is -2.08. The number of nitrogens with two attached hydrogens (primary N) is 2. The number of phenolic OH excluding ortho intramolecular Hbond substituents is 1. The normalized spacial score (nSPS) is 10.8. The summed E-state index contributed by atoms with van der Waals surface area (Å²) in [6.07, 6.45) is 0. The van der Waals surface area contributed by atoms with Crippen LogP contribution < -0.4 is 16.2 Å². The third kappa shape index (κ3) is 10.4. The van der Waals surface area contributed by atoms with Crippen LogP contribution in [0.5, 0.6) is 11.5 Å². The van der Waals surface area contributed by atoms with Crippen molar-refractivity contribution in [1.82, 2.24) is 9.97 Å². The molecule has 0 unspecified atom stereocenters. The van der Waals surface area contributed by atoms with Gasteiger partial charge in [-0.1, -0.05) is 75.5 Å². The zero-order chi connectivity index (χ0) is 42.4. The standard InChI is InChI=1S/C21H13ClF2N2O2S.C14H9BrClNS.C7H5F2NO2/c22-13-4-1-11(2-5-13)12-3-8-17-15(9-12)26-18(29-17)10-28-16-7-6-14(23)19(20(16)24)21(25)27;15-8-14-17-12-7-10(3-6-13(12)18-14)9-1-4-11(16)5-2-9;8-3-1-2-4(11)6(9)5(3)7(10)12/h1-9H,10H2,(H2,25,27);1-7H,8H2;1-2,11H,(H2,10,12). The number of primary amides is 2. The molecule has 59 heavy (non-hydrogen) atoms. The van der Waals surface area contributed by atoms with Crippen LogP contribution in [0.3, 0.4) is 0 Å². The Morgan fingerprint density at radius 1 is 0.627 bits per heavy atom. The van der Waals surface area contributed by atoms with Crippen LogP contribution in [-0.2, 0) is 11.9 Å². The fourth-order valence-corrected chi connectivity index (χ4v) is 7.87. The molecule has 8 aromatic rings. The first-order valence-electron chi connectivity index (χ1n) is 17.0. The second kappa shape index (κ2) is 19.0. The lowest BCUT2D eigenvalue weighted by Crippen LogP contribution is -2.16. The van der Waals surface area contributed by atoms with E-state index in [9.17, 15) is 27.2 Å². The summed E-state index contributed by atoms with van der Waals surface area (Å²) in [5, 5.41) is 12.7. The zero-order valence-electron chi connectivity index (χ0n) is 30.0. The Balaban J connectivity index is 0.000000165. The van der Waals surface area contributed by atoms with Gasteiger partial charge in [0, 0.05) is 10.0 Å². The maximum Gasteiger partial charge on any atom is 0.254 e. The van der Waals surface area contributed by atoms with E-state index in [1.165, 1.54) is 21.6 Å². The monoisotopic (exact) mass is 940 g/mol. The minimum absolute atomic E-state index is 0.0314. The minimum Gasteiger partial charge on any atom is -0.505 e. The van der Waals surface area contributed by atoms with E-state index < -0.39 is 52.0 Å². The number of carbonyl (C=O) groups excluding carboxylic acids is 2. The molecule has 0 aliphatic carbocycles. The fraction of sp³-hybridized carbons (Fsp3) is 0.0476. The number of alkyl halides is 1. The third-order valence-corrected chi connectivity index (χ3v) is 11.8. The average Bonchev–Trinajstić information content (AvgIpc) is 3.83. The summed E-state index contributed by atoms with van der Waals surface area (Å²) in [5.74, 6) is -8.08. The van der Waals surface area contributed by atoms with Gasteiger partial charge >= 0.3 is 0 Å². The van der Waals surface area contributed by atoms with Gasteiger partial charge in [-0.25, -0.2) is 27.5 Å². The highest BCUT2D eigenvalue weighted by atomic mass is 79.9. The van der Waals surface area contributed by atoms with Gasteiger partial charge in [0.25, 0.3) is 11.8 Å². The van der Waals surface area contributed by atoms with Crippen LogP contribution in [0, 0.1) is 23.3 Å². The van der Waals surface area contributed by atoms with Crippen molar-refractivity contribution < 1.29 is 37.0 Å². The number of aromatic nitrogens is 2. The Morgan fingerprint density at radius 3 is 1.54 bits per heavy atom. The van der Waals surface area contributed by atoms with Crippen molar-refractivity contribution >= 4 is 94.1 Å². The molecule has 0 aliphatic rings. The van der Waals surface area contributed by atoms with E-state index in [2.05, 4.69) is 49.8 Å². The molecule has 0 radical (unpaired) electrons. The van der Waals surface area contributed by atoms with Crippen molar-refractivity contribution in [1.29, 1.82) is 0 Å². The molecule has 0 aliphatic heterocycles. The maximum atomic E-state index is 14.3. The number of nitrogens with zero attached hydrogens (tertiary/aromatic N) is 2. The second-order valence-corrected chi connectivity index (χ2v) is 15.9. The van der Waals surface area contributed by atoms with E-state index in [0.29, 0.717) is 10.0 Å². The minimum atomic E-state index is -1.33. The van der Waals surface area contributed by atoms with E-state index in [1.54, 1.807) is 11.3 Å². The predicted molar refractivity (Wildman–Crippen MR) is 229 cm³/mol. The number of aromatic hydroxyl groups is 1. The highest BCUT2D eigenvalue weighted by molar-refractivity contribution is 9.08. The van der Waals surface area contributed by atoms with Crippen molar-refractivity contribution in [2.45, 2.75) is 11.9 Å². The molecular formula is C42H27BrCl2F4N4O4S2. The molecule has 2 aromatic heterocycles.